The van der Waals surface area contributed by atoms with Gasteiger partial charge in [0.25, 0.3) is 0 Å². The molecule has 0 bridgehead atoms. The summed E-state index contributed by atoms with van der Waals surface area (Å²) in [6, 6.07) is 7.51. The number of morpholine rings is 1. The Morgan fingerprint density at radius 1 is 1.27 bits per heavy atom. The lowest BCUT2D eigenvalue weighted by atomic mass is 10.1. The zero-order valence-electron chi connectivity index (χ0n) is 12.5. The molecule has 2 heterocycles. The van der Waals surface area contributed by atoms with Gasteiger partial charge in [0.2, 0.25) is 0 Å². The molecule has 2 atom stereocenters. The fraction of sp³-hybridized carbons (Fsp3) is 0.400. The Bertz CT molecular complexity index is 620. The second-order valence-corrected chi connectivity index (χ2v) is 6.07. The Hall–Kier alpha value is -1.99. The highest BCUT2D eigenvalue weighted by atomic mass is 32.1. The van der Waals surface area contributed by atoms with E-state index in [9.17, 15) is 4.79 Å². The quantitative estimate of drug-likeness (QED) is 0.924. The molecule has 116 valence electrons. The predicted octanol–water partition coefficient (Wildman–Crippen LogP) is 2.85. The number of carbonyl (C=O) groups excluding carboxylic acids is 1. The van der Waals surface area contributed by atoms with Crippen LogP contribution in [-0.4, -0.2) is 45.8 Å². The first-order chi connectivity index (χ1) is 10.6. The third-order valence-electron chi connectivity index (χ3n) is 3.50. The molecule has 1 aliphatic heterocycles. The van der Waals surface area contributed by atoms with Crippen molar-refractivity contribution in [1.82, 2.24) is 14.5 Å². The van der Waals surface area contributed by atoms with Crippen LogP contribution in [0.25, 0.3) is 11.3 Å². The molecule has 1 fully saturated rings. The van der Waals surface area contributed by atoms with Gasteiger partial charge in [0.15, 0.2) is 0 Å². The fourth-order valence-corrected chi connectivity index (χ4v) is 3.03. The van der Waals surface area contributed by atoms with E-state index >= 15 is 0 Å². The molecule has 6 nitrogen and oxygen atoms in total. The van der Waals surface area contributed by atoms with E-state index in [-0.39, 0.29) is 18.2 Å². The number of nitrogens with one attached hydrogen (secondary N) is 1. The summed E-state index contributed by atoms with van der Waals surface area (Å²) in [4.78, 5) is 14.1. The molecule has 0 saturated carbocycles. The van der Waals surface area contributed by atoms with Crippen LogP contribution in [0.3, 0.4) is 0 Å². The second kappa shape index (κ2) is 6.41. The van der Waals surface area contributed by atoms with Gasteiger partial charge in [0.05, 0.1) is 12.2 Å². The van der Waals surface area contributed by atoms with Crippen LogP contribution in [0.5, 0.6) is 0 Å². The number of carbonyl (C=O) groups is 1. The summed E-state index contributed by atoms with van der Waals surface area (Å²) < 4.78 is 9.49. The van der Waals surface area contributed by atoms with Crippen LogP contribution in [0.2, 0.25) is 0 Å². The molecule has 0 aliphatic carbocycles. The SMILES string of the molecule is CC1CN(C(=O)Nc2ccc(-c3csnn3)cc2)CC(C)O1. The summed E-state index contributed by atoms with van der Waals surface area (Å²) in [5, 5.41) is 8.84. The highest BCUT2D eigenvalue weighted by Gasteiger charge is 2.25. The predicted molar refractivity (Wildman–Crippen MR) is 85.9 cm³/mol. The Labute approximate surface area is 133 Å². The minimum Gasteiger partial charge on any atom is -0.372 e. The van der Waals surface area contributed by atoms with Crippen molar-refractivity contribution in [3.05, 3.63) is 29.6 Å². The summed E-state index contributed by atoms with van der Waals surface area (Å²) in [6.07, 6.45) is 0.128. The number of benzene rings is 1. The number of aromatic nitrogens is 2. The van der Waals surface area contributed by atoms with E-state index < -0.39 is 0 Å². The van der Waals surface area contributed by atoms with Crippen LogP contribution < -0.4 is 5.32 Å². The molecule has 3 rings (SSSR count). The van der Waals surface area contributed by atoms with Crippen molar-refractivity contribution in [3.8, 4) is 11.3 Å². The van der Waals surface area contributed by atoms with E-state index in [2.05, 4.69) is 14.9 Å². The molecule has 2 aromatic rings. The van der Waals surface area contributed by atoms with E-state index in [0.717, 1.165) is 16.9 Å². The molecule has 1 N–H and O–H groups in total. The second-order valence-electron chi connectivity index (χ2n) is 5.46. The molecular weight excluding hydrogens is 300 g/mol. The molecule has 0 spiro atoms. The fourth-order valence-electron chi connectivity index (χ4n) is 2.56. The number of rotatable bonds is 2. The Morgan fingerprint density at radius 2 is 1.95 bits per heavy atom. The van der Waals surface area contributed by atoms with Crippen molar-refractivity contribution in [2.75, 3.05) is 18.4 Å². The van der Waals surface area contributed by atoms with E-state index in [0.29, 0.717) is 13.1 Å². The summed E-state index contributed by atoms with van der Waals surface area (Å²) in [7, 11) is 0. The zero-order valence-corrected chi connectivity index (χ0v) is 13.3. The van der Waals surface area contributed by atoms with Crippen molar-refractivity contribution in [2.24, 2.45) is 0 Å². The van der Waals surface area contributed by atoms with Gasteiger partial charge in [-0.1, -0.05) is 16.6 Å². The van der Waals surface area contributed by atoms with Crippen molar-refractivity contribution in [1.29, 1.82) is 0 Å². The highest BCUT2D eigenvalue weighted by Crippen LogP contribution is 2.20. The Balaban J connectivity index is 1.64. The van der Waals surface area contributed by atoms with Crippen LogP contribution in [-0.2, 0) is 4.74 Å². The molecule has 2 amide bonds. The van der Waals surface area contributed by atoms with Crippen molar-refractivity contribution >= 4 is 23.3 Å². The number of hydrogen-bond acceptors (Lipinski definition) is 5. The van der Waals surface area contributed by atoms with E-state index in [4.69, 9.17) is 4.74 Å². The van der Waals surface area contributed by atoms with Crippen molar-refractivity contribution in [3.63, 3.8) is 0 Å². The van der Waals surface area contributed by atoms with Crippen molar-refractivity contribution < 1.29 is 9.53 Å². The first-order valence-electron chi connectivity index (χ1n) is 7.20. The molecule has 1 aromatic heterocycles. The van der Waals surface area contributed by atoms with E-state index in [1.54, 1.807) is 4.90 Å². The number of urea groups is 1. The van der Waals surface area contributed by atoms with Crippen LogP contribution in [0.4, 0.5) is 10.5 Å². The minimum absolute atomic E-state index is 0.0639. The smallest absolute Gasteiger partial charge is 0.322 e. The van der Waals surface area contributed by atoms with Crippen molar-refractivity contribution in [2.45, 2.75) is 26.1 Å². The third-order valence-corrected chi connectivity index (χ3v) is 4.00. The maximum Gasteiger partial charge on any atom is 0.322 e. The van der Waals surface area contributed by atoms with Gasteiger partial charge < -0.3 is 15.0 Å². The zero-order chi connectivity index (χ0) is 15.5. The number of ether oxygens (including phenoxy) is 1. The van der Waals surface area contributed by atoms with Gasteiger partial charge in [-0.3, -0.25) is 0 Å². The van der Waals surface area contributed by atoms with Gasteiger partial charge in [-0.05, 0) is 37.5 Å². The summed E-state index contributed by atoms with van der Waals surface area (Å²) >= 11 is 1.32. The lowest BCUT2D eigenvalue weighted by Crippen LogP contribution is -2.49. The monoisotopic (exact) mass is 318 g/mol. The van der Waals surface area contributed by atoms with Crippen LogP contribution in [0.1, 0.15) is 13.8 Å². The normalized spacial score (nSPS) is 21.6. The maximum absolute atomic E-state index is 12.3. The van der Waals surface area contributed by atoms with Gasteiger partial charge in [-0.25, -0.2) is 4.79 Å². The molecule has 2 unspecified atom stereocenters. The topological polar surface area (TPSA) is 67.4 Å². The first-order valence-corrected chi connectivity index (χ1v) is 8.04. The standard InChI is InChI=1S/C15H18N4O2S/c1-10-7-19(8-11(2)21-10)15(20)16-13-5-3-12(4-6-13)14-9-22-18-17-14/h3-6,9-11H,7-8H2,1-2H3,(H,16,20). The van der Waals surface area contributed by atoms with Gasteiger partial charge >= 0.3 is 6.03 Å². The highest BCUT2D eigenvalue weighted by molar-refractivity contribution is 7.03. The van der Waals surface area contributed by atoms with E-state index in [1.165, 1.54) is 11.5 Å². The van der Waals surface area contributed by atoms with Gasteiger partial charge in [-0.2, -0.15) is 0 Å². The van der Waals surface area contributed by atoms with Gasteiger partial charge in [0.1, 0.15) is 5.69 Å². The number of hydrogen-bond donors (Lipinski definition) is 1. The molecule has 7 heteroatoms. The molecule has 0 radical (unpaired) electrons. The Kier molecular flexibility index (Phi) is 4.35. The number of nitrogens with zero attached hydrogens (tertiary/aromatic N) is 3. The maximum atomic E-state index is 12.3. The summed E-state index contributed by atoms with van der Waals surface area (Å²) in [5.74, 6) is 0. The first kappa shape index (κ1) is 14.9. The molecule has 22 heavy (non-hydrogen) atoms. The molecular formula is C15H18N4O2S. The largest absolute Gasteiger partial charge is 0.372 e. The molecule has 1 saturated heterocycles. The van der Waals surface area contributed by atoms with Crippen LogP contribution >= 0.6 is 11.5 Å². The minimum atomic E-state index is -0.0925. The lowest BCUT2D eigenvalue weighted by Gasteiger charge is -2.35. The number of amides is 2. The average Bonchev–Trinajstić information content (AvgIpc) is 3.01. The number of anilines is 1. The average molecular weight is 318 g/mol. The molecule has 1 aliphatic rings. The van der Waals surface area contributed by atoms with Gasteiger partial charge in [-0.15, -0.1) is 5.10 Å². The molecule has 1 aromatic carbocycles. The Morgan fingerprint density at radius 3 is 2.55 bits per heavy atom. The van der Waals surface area contributed by atoms with Gasteiger partial charge in [0, 0.05) is 29.7 Å². The lowest BCUT2D eigenvalue weighted by molar-refractivity contribution is -0.0530. The van der Waals surface area contributed by atoms with Crippen LogP contribution in [0, 0.1) is 0 Å². The van der Waals surface area contributed by atoms with E-state index in [1.807, 2.05) is 43.5 Å². The van der Waals surface area contributed by atoms with Crippen LogP contribution in [0.15, 0.2) is 29.6 Å². The third kappa shape index (κ3) is 3.42. The summed E-state index contributed by atoms with van der Waals surface area (Å²) in [5.41, 5.74) is 2.60. The summed E-state index contributed by atoms with van der Waals surface area (Å²) in [6.45, 7) is 5.18.